The predicted molar refractivity (Wildman–Crippen MR) is 76.5 cm³/mol. The van der Waals surface area contributed by atoms with Gasteiger partial charge in [0.25, 0.3) is 0 Å². The molecule has 2 N–H and O–H groups in total. The molecule has 0 bridgehead atoms. The van der Waals surface area contributed by atoms with Crippen molar-refractivity contribution in [3.63, 3.8) is 0 Å². The van der Waals surface area contributed by atoms with Gasteiger partial charge in [-0.05, 0) is 18.8 Å². The zero-order valence-corrected chi connectivity index (χ0v) is 12.4. The lowest BCUT2D eigenvalue weighted by molar-refractivity contribution is 0.405. The number of hydrogen-bond donors (Lipinski definition) is 1. The maximum Gasteiger partial charge on any atom is 0.159 e. The Morgan fingerprint density at radius 2 is 2.00 bits per heavy atom. The summed E-state index contributed by atoms with van der Waals surface area (Å²) in [4.78, 5) is 8.23. The summed E-state index contributed by atoms with van der Waals surface area (Å²) in [6.07, 6.45) is 2.25. The van der Waals surface area contributed by atoms with Gasteiger partial charge < -0.3 is 5.73 Å². The van der Waals surface area contributed by atoms with Crippen molar-refractivity contribution >= 4 is 17.4 Å². The zero-order valence-electron chi connectivity index (χ0n) is 11.6. The average Bonchev–Trinajstić information content (AvgIpc) is 2.55. The third-order valence-corrected chi connectivity index (χ3v) is 3.04. The van der Waals surface area contributed by atoms with E-state index in [1.54, 1.807) is 4.68 Å². The molecule has 0 radical (unpaired) electrons. The molecule has 2 aromatic rings. The largest absolute Gasteiger partial charge is 0.382 e. The van der Waals surface area contributed by atoms with Crippen molar-refractivity contribution in [1.29, 1.82) is 0 Å². The molecule has 0 unspecified atom stereocenters. The second-order valence-electron chi connectivity index (χ2n) is 5.81. The van der Waals surface area contributed by atoms with Crippen LogP contribution in [0, 0.1) is 12.3 Å². The third kappa shape index (κ3) is 3.04. The summed E-state index contributed by atoms with van der Waals surface area (Å²) in [5.41, 5.74) is 7.76. The van der Waals surface area contributed by atoms with Gasteiger partial charge in [0.1, 0.15) is 17.2 Å². The molecule has 0 saturated heterocycles. The molecule has 0 fully saturated rings. The van der Waals surface area contributed by atoms with Crippen LogP contribution in [-0.4, -0.2) is 19.7 Å². The van der Waals surface area contributed by atoms with Gasteiger partial charge in [0, 0.05) is 11.8 Å². The van der Waals surface area contributed by atoms with Crippen LogP contribution in [0.4, 0.5) is 5.82 Å². The van der Waals surface area contributed by atoms with Crippen LogP contribution in [0.3, 0.4) is 0 Å². The molecule has 0 spiro atoms. The summed E-state index contributed by atoms with van der Waals surface area (Å²) in [6, 6.07) is 1.82. The maximum atomic E-state index is 6.26. The van der Waals surface area contributed by atoms with E-state index < -0.39 is 0 Å². The van der Waals surface area contributed by atoms with E-state index >= 15 is 0 Å². The first-order valence-corrected chi connectivity index (χ1v) is 6.47. The average molecular weight is 280 g/mol. The van der Waals surface area contributed by atoms with E-state index in [1.807, 2.05) is 13.0 Å². The van der Waals surface area contributed by atoms with Gasteiger partial charge in [-0.1, -0.05) is 32.4 Å². The molecule has 5 nitrogen and oxygen atoms in total. The Bertz CT molecular complexity index is 598. The lowest BCUT2D eigenvalue weighted by Gasteiger charge is -2.16. The molecule has 0 atom stereocenters. The molecular formula is C13H18ClN5. The number of rotatable bonds is 2. The minimum Gasteiger partial charge on any atom is -0.382 e. The molecule has 102 valence electrons. The van der Waals surface area contributed by atoms with Crippen molar-refractivity contribution in [3.8, 4) is 5.82 Å². The van der Waals surface area contributed by atoms with Crippen LogP contribution in [0.25, 0.3) is 5.82 Å². The fraction of sp³-hybridized carbons (Fsp3) is 0.462. The SMILES string of the molecule is Cc1cc(-n2nc(CC(C)(C)C)c(Cl)c2N)ncn1. The highest BCUT2D eigenvalue weighted by Crippen LogP contribution is 2.30. The number of nitrogen functional groups attached to an aromatic ring is 1. The van der Waals surface area contributed by atoms with Crippen molar-refractivity contribution in [2.24, 2.45) is 5.41 Å². The number of nitrogens with two attached hydrogens (primary N) is 1. The number of halogens is 1. The summed E-state index contributed by atoms with van der Waals surface area (Å²) in [5.74, 6) is 1.05. The summed E-state index contributed by atoms with van der Waals surface area (Å²) < 4.78 is 1.57. The minimum absolute atomic E-state index is 0.0941. The molecular weight excluding hydrogens is 262 g/mol. The van der Waals surface area contributed by atoms with E-state index in [4.69, 9.17) is 17.3 Å². The summed E-state index contributed by atoms with van der Waals surface area (Å²) >= 11 is 6.26. The molecule has 2 heterocycles. The van der Waals surface area contributed by atoms with Gasteiger partial charge in [0.15, 0.2) is 5.82 Å². The molecule has 19 heavy (non-hydrogen) atoms. The Balaban J connectivity index is 2.46. The maximum absolute atomic E-state index is 6.26. The van der Waals surface area contributed by atoms with Crippen molar-refractivity contribution in [3.05, 3.63) is 28.8 Å². The summed E-state index contributed by atoms with van der Waals surface area (Å²) in [7, 11) is 0. The zero-order chi connectivity index (χ0) is 14.2. The Kier molecular flexibility index (Phi) is 3.49. The summed E-state index contributed by atoms with van der Waals surface area (Å²) in [6.45, 7) is 8.29. The number of aromatic nitrogens is 4. The number of hydrogen-bond acceptors (Lipinski definition) is 4. The van der Waals surface area contributed by atoms with E-state index in [-0.39, 0.29) is 5.41 Å². The van der Waals surface area contributed by atoms with Crippen LogP contribution in [0.1, 0.15) is 32.2 Å². The number of anilines is 1. The quantitative estimate of drug-likeness (QED) is 0.918. The van der Waals surface area contributed by atoms with Crippen LogP contribution < -0.4 is 5.73 Å². The first kappa shape index (κ1) is 13.8. The first-order chi connectivity index (χ1) is 8.78. The van der Waals surface area contributed by atoms with Gasteiger partial charge in [-0.2, -0.15) is 9.78 Å². The Labute approximate surface area is 117 Å². The van der Waals surface area contributed by atoms with Gasteiger partial charge in [0.2, 0.25) is 0 Å². The van der Waals surface area contributed by atoms with E-state index in [2.05, 4.69) is 35.8 Å². The fourth-order valence-corrected chi connectivity index (χ4v) is 1.99. The molecule has 2 aromatic heterocycles. The summed E-state index contributed by atoms with van der Waals surface area (Å²) in [5, 5.41) is 4.98. The van der Waals surface area contributed by atoms with Crippen LogP contribution in [0.5, 0.6) is 0 Å². The Morgan fingerprint density at radius 1 is 1.32 bits per heavy atom. The Morgan fingerprint density at radius 3 is 2.58 bits per heavy atom. The second-order valence-corrected chi connectivity index (χ2v) is 6.19. The van der Waals surface area contributed by atoms with E-state index in [1.165, 1.54) is 6.33 Å². The normalized spacial score (nSPS) is 11.8. The van der Waals surface area contributed by atoms with Crippen molar-refractivity contribution in [2.45, 2.75) is 34.1 Å². The van der Waals surface area contributed by atoms with Gasteiger partial charge in [-0.25, -0.2) is 9.97 Å². The van der Waals surface area contributed by atoms with Crippen molar-refractivity contribution in [2.75, 3.05) is 5.73 Å². The molecule has 0 saturated carbocycles. The number of aryl methyl sites for hydroxylation is 1. The fourth-order valence-electron chi connectivity index (χ4n) is 1.81. The smallest absolute Gasteiger partial charge is 0.159 e. The van der Waals surface area contributed by atoms with Gasteiger partial charge in [-0.15, -0.1) is 0 Å². The van der Waals surface area contributed by atoms with Crippen LogP contribution in [-0.2, 0) is 6.42 Å². The van der Waals surface area contributed by atoms with Crippen LogP contribution in [0.2, 0.25) is 5.02 Å². The number of nitrogens with zero attached hydrogens (tertiary/aromatic N) is 4. The molecule has 0 aliphatic heterocycles. The molecule has 6 heteroatoms. The predicted octanol–water partition coefficient (Wildman–Crippen LogP) is 2.79. The molecule has 0 amide bonds. The van der Waals surface area contributed by atoms with Gasteiger partial charge in [-0.3, -0.25) is 0 Å². The van der Waals surface area contributed by atoms with Gasteiger partial charge >= 0.3 is 0 Å². The third-order valence-electron chi connectivity index (χ3n) is 2.63. The molecule has 0 aromatic carbocycles. The van der Waals surface area contributed by atoms with Gasteiger partial charge in [0.05, 0.1) is 5.69 Å². The second kappa shape index (κ2) is 4.81. The molecule has 0 aliphatic carbocycles. The highest BCUT2D eigenvalue weighted by molar-refractivity contribution is 6.33. The minimum atomic E-state index is 0.0941. The van der Waals surface area contributed by atoms with Crippen LogP contribution in [0.15, 0.2) is 12.4 Å². The van der Waals surface area contributed by atoms with E-state index in [0.29, 0.717) is 16.7 Å². The van der Waals surface area contributed by atoms with Crippen molar-refractivity contribution < 1.29 is 0 Å². The highest BCUT2D eigenvalue weighted by Gasteiger charge is 2.21. The first-order valence-electron chi connectivity index (χ1n) is 6.10. The van der Waals surface area contributed by atoms with E-state index in [0.717, 1.165) is 17.8 Å². The Hall–Kier alpha value is -1.62. The standard InChI is InChI=1S/C13H18ClN5/c1-8-5-10(17-7-16-8)19-12(15)11(14)9(18-19)6-13(2,3)4/h5,7H,6,15H2,1-4H3. The molecule has 0 aliphatic rings. The monoisotopic (exact) mass is 279 g/mol. The topological polar surface area (TPSA) is 69.6 Å². The molecule has 2 rings (SSSR count). The van der Waals surface area contributed by atoms with Crippen LogP contribution >= 0.6 is 11.6 Å². The lowest BCUT2D eigenvalue weighted by Crippen LogP contribution is -2.10. The van der Waals surface area contributed by atoms with Crippen molar-refractivity contribution in [1.82, 2.24) is 19.7 Å². The lowest BCUT2D eigenvalue weighted by atomic mass is 9.91. The van der Waals surface area contributed by atoms with E-state index in [9.17, 15) is 0 Å². The highest BCUT2D eigenvalue weighted by atomic mass is 35.5.